The summed E-state index contributed by atoms with van der Waals surface area (Å²) >= 11 is 0. The summed E-state index contributed by atoms with van der Waals surface area (Å²) in [5, 5.41) is 11.6. The molecule has 1 saturated heterocycles. The van der Waals surface area contributed by atoms with Gasteiger partial charge in [0, 0.05) is 37.8 Å². The molecule has 7 nitrogen and oxygen atoms in total. The van der Waals surface area contributed by atoms with Crippen LogP contribution >= 0.6 is 0 Å². The summed E-state index contributed by atoms with van der Waals surface area (Å²) in [5.74, 6) is 1.99. The summed E-state index contributed by atoms with van der Waals surface area (Å²) in [6.45, 7) is 3.44. The van der Waals surface area contributed by atoms with E-state index in [-0.39, 0.29) is 5.91 Å². The van der Waals surface area contributed by atoms with Gasteiger partial charge in [0.2, 0.25) is 0 Å². The molecule has 0 spiro atoms. The number of hydrogen-bond acceptors (Lipinski definition) is 4. The van der Waals surface area contributed by atoms with Crippen molar-refractivity contribution in [3.8, 4) is 11.4 Å². The van der Waals surface area contributed by atoms with E-state index in [1.54, 1.807) is 4.68 Å². The highest BCUT2D eigenvalue weighted by molar-refractivity contribution is 5.92. The minimum absolute atomic E-state index is 0.0127. The number of nitrogens with one attached hydrogen (secondary N) is 1. The quantitative estimate of drug-likeness (QED) is 0.782. The second-order valence-corrected chi connectivity index (χ2v) is 6.88. The second-order valence-electron chi connectivity index (χ2n) is 6.88. The molecule has 1 fully saturated rings. The Hall–Kier alpha value is -2.96. The molecule has 1 unspecified atom stereocenters. The number of hydrogen-bond donors (Lipinski definition) is 1. The Morgan fingerprint density at radius 2 is 2.12 bits per heavy atom. The normalized spacial score (nSPS) is 17.0. The summed E-state index contributed by atoms with van der Waals surface area (Å²) in [7, 11) is 1.85. The van der Waals surface area contributed by atoms with Gasteiger partial charge in [-0.25, -0.2) is 4.98 Å². The molecule has 134 valence electrons. The molecule has 1 N–H and O–H groups in total. The van der Waals surface area contributed by atoms with Gasteiger partial charge in [0.05, 0.1) is 0 Å². The number of aryl methyl sites for hydroxylation is 2. The third kappa shape index (κ3) is 3.24. The average molecular weight is 350 g/mol. The molecule has 4 rings (SSSR count). The Kier molecular flexibility index (Phi) is 4.28. The van der Waals surface area contributed by atoms with Gasteiger partial charge in [0.15, 0.2) is 11.5 Å². The molecule has 3 aromatic rings. The predicted octanol–water partition coefficient (Wildman–Crippen LogP) is 2.22. The molecule has 1 aliphatic rings. The van der Waals surface area contributed by atoms with Crippen molar-refractivity contribution in [2.75, 3.05) is 13.1 Å². The SMILES string of the molecule is Cc1cc(C(=O)N2CCC(Cc3nc(-c4ccccc4)n[nH]3)C2)nn1C. The van der Waals surface area contributed by atoms with Crippen LogP contribution in [0.4, 0.5) is 0 Å². The monoisotopic (exact) mass is 350 g/mol. The molecule has 1 aromatic carbocycles. The van der Waals surface area contributed by atoms with Gasteiger partial charge in [-0.05, 0) is 25.3 Å². The first kappa shape index (κ1) is 16.5. The van der Waals surface area contributed by atoms with Gasteiger partial charge in [-0.3, -0.25) is 14.6 Å². The molecular weight excluding hydrogens is 328 g/mol. The largest absolute Gasteiger partial charge is 0.337 e. The summed E-state index contributed by atoms with van der Waals surface area (Å²) < 4.78 is 1.74. The zero-order valence-corrected chi connectivity index (χ0v) is 15.0. The van der Waals surface area contributed by atoms with Crippen LogP contribution < -0.4 is 0 Å². The van der Waals surface area contributed by atoms with Gasteiger partial charge in [0.25, 0.3) is 5.91 Å². The minimum Gasteiger partial charge on any atom is -0.337 e. The molecule has 1 atom stereocenters. The first-order valence-electron chi connectivity index (χ1n) is 8.87. The van der Waals surface area contributed by atoms with E-state index in [1.807, 2.05) is 55.3 Å². The molecule has 1 amide bonds. The van der Waals surface area contributed by atoms with Crippen LogP contribution in [0.15, 0.2) is 36.4 Å². The molecule has 26 heavy (non-hydrogen) atoms. The fraction of sp³-hybridized carbons (Fsp3) is 0.368. The Morgan fingerprint density at radius 3 is 2.85 bits per heavy atom. The van der Waals surface area contributed by atoms with Crippen LogP contribution in [0.2, 0.25) is 0 Å². The van der Waals surface area contributed by atoms with Gasteiger partial charge in [-0.15, -0.1) is 0 Å². The number of nitrogens with zero attached hydrogens (tertiary/aromatic N) is 5. The zero-order chi connectivity index (χ0) is 18.1. The fourth-order valence-electron chi connectivity index (χ4n) is 3.39. The number of benzene rings is 1. The zero-order valence-electron chi connectivity index (χ0n) is 15.0. The first-order valence-corrected chi connectivity index (χ1v) is 8.87. The highest BCUT2D eigenvalue weighted by Gasteiger charge is 2.29. The highest BCUT2D eigenvalue weighted by atomic mass is 16.2. The van der Waals surface area contributed by atoms with E-state index < -0.39 is 0 Å². The number of H-pyrrole nitrogens is 1. The van der Waals surface area contributed by atoms with E-state index in [1.165, 1.54) is 0 Å². The lowest BCUT2D eigenvalue weighted by molar-refractivity contribution is 0.0780. The number of aromatic nitrogens is 5. The number of amides is 1. The van der Waals surface area contributed by atoms with Crippen molar-refractivity contribution in [3.05, 3.63) is 53.6 Å². The van der Waals surface area contributed by atoms with Crippen molar-refractivity contribution < 1.29 is 4.79 Å². The van der Waals surface area contributed by atoms with E-state index in [2.05, 4.69) is 20.3 Å². The number of carbonyl (C=O) groups is 1. The molecule has 0 aliphatic carbocycles. The molecule has 0 bridgehead atoms. The molecule has 1 aliphatic heterocycles. The average Bonchev–Trinajstić information content (AvgIpc) is 3.37. The Balaban J connectivity index is 1.39. The lowest BCUT2D eigenvalue weighted by Gasteiger charge is -2.14. The molecular formula is C19H22N6O. The summed E-state index contributed by atoms with van der Waals surface area (Å²) in [5.41, 5.74) is 2.51. The van der Waals surface area contributed by atoms with Gasteiger partial charge in [-0.1, -0.05) is 30.3 Å². The van der Waals surface area contributed by atoms with Crippen LogP contribution in [0.5, 0.6) is 0 Å². The fourth-order valence-corrected chi connectivity index (χ4v) is 3.39. The van der Waals surface area contributed by atoms with Crippen molar-refractivity contribution in [1.82, 2.24) is 29.9 Å². The summed E-state index contributed by atoms with van der Waals surface area (Å²) in [6, 6.07) is 11.8. The van der Waals surface area contributed by atoms with Gasteiger partial charge in [-0.2, -0.15) is 10.2 Å². The van der Waals surface area contributed by atoms with E-state index in [0.717, 1.165) is 48.8 Å². The third-order valence-corrected chi connectivity index (χ3v) is 4.95. The van der Waals surface area contributed by atoms with Crippen molar-refractivity contribution in [1.29, 1.82) is 0 Å². The standard InChI is InChI=1S/C19H22N6O/c1-13-10-16(23-24(13)2)19(26)25-9-8-14(12-25)11-17-20-18(22-21-17)15-6-4-3-5-7-15/h3-7,10,14H,8-9,11-12H2,1-2H3,(H,20,21,22). The number of carbonyl (C=O) groups excluding carboxylic acids is 1. The maximum Gasteiger partial charge on any atom is 0.274 e. The number of aromatic amines is 1. The number of likely N-dealkylation sites (tertiary alicyclic amines) is 1. The first-order chi connectivity index (χ1) is 12.6. The minimum atomic E-state index is 0.0127. The Bertz CT molecular complexity index is 894. The third-order valence-electron chi connectivity index (χ3n) is 4.95. The van der Waals surface area contributed by atoms with Crippen molar-refractivity contribution in [2.45, 2.75) is 19.8 Å². The smallest absolute Gasteiger partial charge is 0.274 e. The van der Waals surface area contributed by atoms with Crippen LogP contribution in [0.25, 0.3) is 11.4 Å². The van der Waals surface area contributed by atoms with E-state index in [4.69, 9.17) is 0 Å². The summed E-state index contributed by atoms with van der Waals surface area (Å²) in [4.78, 5) is 19.1. The van der Waals surface area contributed by atoms with Crippen molar-refractivity contribution in [3.63, 3.8) is 0 Å². The van der Waals surface area contributed by atoms with Gasteiger partial charge < -0.3 is 4.90 Å². The Labute approximate surface area is 152 Å². The van der Waals surface area contributed by atoms with Crippen LogP contribution in [0, 0.1) is 12.8 Å². The molecule has 0 radical (unpaired) electrons. The van der Waals surface area contributed by atoms with Crippen molar-refractivity contribution in [2.24, 2.45) is 13.0 Å². The second kappa shape index (κ2) is 6.74. The Morgan fingerprint density at radius 1 is 1.31 bits per heavy atom. The van der Waals surface area contributed by atoms with Crippen molar-refractivity contribution >= 4 is 5.91 Å². The molecule has 2 aromatic heterocycles. The predicted molar refractivity (Wildman–Crippen MR) is 97.5 cm³/mol. The maximum atomic E-state index is 12.6. The number of rotatable bonds is 4. The highest BCUT2D eigenvalue weighted by Crippen LogP contribution is 2.22. The van der Waals surface area contributed by atoms with Crippen LogP contribution in [-0.2, 0) is 13.5 Å². The lowest BCUT2D eigenvalue weighted by atomic mass is 10.1. The topological polar surface area (TPSA) is 79.7 Å². The van der Waals surface area contributed by atoms with E-state index >= 15 is 0 Å². The van der Waals surface area contributed by atoms with Crippen LogP contribution in [0.3, 0.4) is 0 Å². The molecule has 3 heterocycles. The van der Waals surface area contributed by atoms with E-state index in [0.29, 0.717) is 11.6 Å². The van der Waals surface area contributed by atoms with Crippen LogP contribution in [0.1, 0.15) is 28.4 Å². The van der Waals surface area contributed by atoms with Gasteiger partial charge in [0.1, 0.15) is 5.82 Å². The van der Waals surface area contributed by atoms with Crippen LogP contribution in [-0.4, -0.2) is 48.9 Å². The lowest BCUT2D eigenvalue weighted by Crippen LogP contribution is -2.29. The van der Waals surface area contributed by atoms with Gasteiger partial charge >= 0.3 is 0 Å². The maximum absolute atomic E-state index is 12.6. The van der Waals surface area contributed by atoms with E-state index in [9.17, 15) is 4.79 Å². The molecule has 0 saturated carbocycles. The molecule has 7 heteroatoms. The summed E-state index contributed by atoms with van der Waals surface area (Å²) in [6.07, 6.45) is 1.77.